The van der Waals surface area contributed by atoms with Gasteiger partial charge in [-0.2, -0.15) is 4.72 Å². The zero-order valence-electron chi connectivity index (χ0n) is 15.7. The van der Waals surface area contributed by atoms with E-state index in [0.29, 0.717) is 24.7 Å². The molecule has 1 aromatic rings. The van der Waals surface area contributed by atoms with Gasteiger partial charge in [-0.15, -0.1) is 0 Å². The van der Waals surface area contributed by atoms with Crippen LogP contribution < -0.4 is 19.5 Å². The Morgan fingerprint density at radius 1 is 1.22 bits per heavy atom. The summed E-state index contributed by atoms with van der Waals surface area (Å²) in [5.41, 5.74) is 0. The molecule has 0 radical (unpaired) electrons. The van der Waals surface area contributed by atoms with Gasteiger partial charge < -0.3 is 19.7 Å². The molecule has 2 heterocycles. The maximum absolute atomic E-state index is 12.7. The first-order chi connectivity index (χ1) is 12.9. The Morgan fingerprint density at radius 3 is 2.59 bits per heavy atom. The quantitative estimate of drug-likeness (QED) is 0.760. The maximum atomic E-state index is 12.7. The summed E-state index contributed by atoms with van der Waals surface area (Å²) in [4.78, 5) is 14.4. The van der Waals surface area contributed by atoms with E-state index >= 15 is 0 Å². The van der Waals surface area contributed by atoms with Crippen LogP contribution >= 0.6 is 0 Å². The summed E-state index contributed by atoms with van der Waals surface area (Å²) in [7, 11) is -2.13. The second-order valence-corrected chi connectivity index (χ2v) is 8.65. The van der Waals surface area contributed by atoms with Gasteiger partial charge in [0.25, 0.3) is 0 Å². The SMILES string of the molecule is CC(NS(=O)(=O)c1ccc2c(c1)OCCCO2)C(=O)N(C)C1CCNCC1. The molecule has 3 rings (SSSR count). The Morgan fingerprint density at radius 2 is 1.89 bits per heavy atom. The summed E-state index contributed by atoms with van der Waals surface area (Å²) in [6, 6.07) is 3.76. The van der Waals surface area contributed by atoms with Crippen LogP contribution in [0.5, 0.6) is 11.5 Å². The number of nitrogens with one attached hydrogen (secondary N) is 2. The Hall–Kier alpha value is -1.84. The fraction of sp³-hybridized carbons (Fsp3) is 0.611. The second kappa shape index (κ2) is 8.45. The molecule has 0 aromatic heterocycles. The van der Waals surface area contributed by atoms with Crippen LogP contribution in [0.15, 0.2) is 23.1 Å². The summed E-state index contributed by atoms with van der Waals surface area (Å²) in [6.45, 7) is 4.30. The van der Waals surface area contributed by atoms with Gasteiger partial charge in [0.1, 0.15) is 0 Å². The predicted molar refractivity (Wildman–Crippen MR) is 100 cm³/mol. The van der Waals surface area contributed by atoms with Crippen molar-refractivity contribution in [2.75, 3.05) is 33.4 Å². The summed E-state index contributed by atoms with van der Waals surface area (Å²) in [5, 5.41) is 3.26. The van der Waals surface area contributed by atoms with E-state index in [2.05, 4.69) is 10.0 Å². The van der Waals surface area contributed by atoms with E-state index in [-0.39, 0.29) is 16.8 Å². The molecule has 1 saturated heterocycles. The van der Waals surface area contributed by atoms with Crippen molar-refractivity contribution in [1.82, 2.24) is 14.9 Å². The standard InChI is InChI=1S/C18H27N3O5S/c1-13(18(22)21(2)14-6-8-19-9-7-14)20-27(23,24)15-4-5-16-17(12-15)26-11-3-10-25-16/h4-5,12-14,19-20H,3,6-11H2,1-2H3. The van der Waals surface area contributed by atoms with Gasteiger partial charge in [-0.05, 0) is 45.0 Å². The molecule has 0 saturated carbocycles. The molecule has 1 unspecified atom stereocenters. The smallest absolute Gasteiger partial charge is 0.241 e. The van der Waals surface area contributed by atoms with E-state index in [0.717, 1.165) is 32.4 Å². The molecule has 1 fully saturated rings. The van der Waals surface area contributed by atoms with Gasteiger partial charge in [0.05, 0.1) is 24.2 Å². The average Bonchev–Trinajstić information content (AvgIpc) is 2.92. The first-order valence-electron chi connectivity index (χ1n) is 9.28. The zero-order valence-corrected chi connectivity index (χ0v) is 16.5. The van der Waals surface area contributed by atoms with Gasteiger partial charge in [-0.3, -0.25) is 4.79 Å². The fourth-order valence-corrected chi connectivity index (χ4v) is 4.55. The van der Waals surface area contributed by atoms with Crippen LogP contribution in [0.3, 0.4) is 0 Å². The third-order valence-electron chi connectivity index (χ3n) is 4.94. The number of hydrogen-bond acceptors (Lipinski definition) is 6. The van der Waals surface area contributed by atoms with Crippen molar-refractivity contribution in [2.45, 2.75) is 43.2 Å². The van der Waals surface area contributed by atoms with Gasteiger partial charge in [-0.25, -0.2) is 8.42 Å². The van der Waals surface area contributed by atoms with Crippen LogP contribution in [0.4, 0.5) is 0 Å². The number of carbonyl (C=O) groups is 1. The van der Waals surface area contributed by atoms with Gasteiger partial charge >= 0.3 is 0 Å². The fourth-order valence-electron chi connectivity index (χ4n) is 3.34. The highest BCUT2D eigenvalue weighted by Crippen LogP contribution is 2.31. The highest BCUT2D eigenvalue weighted by molar-refractivity contribution is 7.89. The Kier molecular flexibility index (Phi) is 6.23. The van der Waals surface area contributed by atoms with Crippen molar-refractivity contribution in [3.8, 4) is 11.5 Å². The maximum Gasteiger partial charge on any atom is 0.241 e. The minimum Gasteiger partial charge on any atom is -0.490 e. The summed E-state index contributed by atoms with van der Waals surface area (Å²) >= 11 is 0. The zero-order chi connectivity index (χ0) is 19.4. The number of benzene rings is 1. The van der Waals surface area contributed by atoms with E-state index in [1.54, 1.807) is 24.9 Å². The number of likely N-dealkylation sites (N-methyl/N-ethyl adjacent to an activating group) is 1. The highest BCUT2D eigenvalue weighted by Gasteiger charge is 2.29. The molecule has 1 aromatic carbocycles. The minimum atomic E-state index is -3.86. The largest absolute Gasteiger partial charge is 0.490 e. The van der Waals surface area contributed by atoms with Gasteiger partial charge in [0.2, 0.25) is 15.9 Å². The van der Waals surface area contributed by atoms with Crippen molar-refractivity contribution in [1.29, 1.82) is 0 Å². The lowest BCUT2D eigenvalue weighted by Crippen LogP contribution is -2.51. The predicted octanol–water partition coefficient (Wildman–Crippen LogP) is 0.725. The Labute approximate surface area is 160 Å². The number of rotatable bonds is 5. The van der Waals surface area contributed by atoms with Crippen LogP contribution in [0.1, 0.15) is 26.2 Å². The summed E-state index contributed by atoms with van der Waals surface area (Å²) in [6.07, 6.45) is 2.47. The van der Waals surface area contributed by atoms with Gasteiger partial charge in [0, 0.05) is 25.6 Å². The molecule has 0 bridgehead atoms. The molecule has 9 heteroatoms. The van der Waals surface area contributed by atoms with Crippen LogP contribution in [-0.2, 0) is 14.8 Å². The molecule has 27 heavy (non-hydrogen) atoms. The number of sulfonamides is 1. The van der Waals surface area contributed by atoms with Crippen molar-refractivity contribution in [2.24, 2.45) is 0 Å². The number of ether oxygens (including phenoxy) is 2. The number of nitrogens with zero attached hydrogens (tertiary/aromatic N) is 1. The van der Waals surface area contributed by atoms with Crippen LogP contribution in [0, 0.1) is 0 Å². The van der Waals surface area contributed by atoms with Crippen molar-refractivity contribution in [3.05, 3.63) is 18.2 Å². The number of carbonyl (C=O) groups excluding carboxylic acids is 1. The molecule has 0 aliphatic carbocycles. The molecule has 2 aliphatic rings. The molecule has 0 spiro atoms. The minimum absolute atomic E-state index is 0.0518. The lowest BCUT2D eigenvalue weighted by atomic mass is 10.0. The second-order valence-electron chi connectivity index (χ2n) is 6.93. The van der Waals surface area contributed by atoms with E-state index < -0.39 is 16.1 Å². The third kappa shape index (κ3) is 4.72. The van der Waals surface area contributed by atoms with E-state index in [4.69, 9.17) is 9.47 Å². The van der Waals surface area contributed by atoms with E-state index in [9.17, 15) is 13.2 Å². The topological polar surface area (TPSA) is 97.0 Å². The normalized spacial score (nSPS) is 19.2. The molecule has 8 nitrogen and oxygen atoms in total. The lowest BCUT2D eigenvalue weighted by Gasteiger charge is -2.33. The monoisotopic (exact) mass is 397 g/mol. The molecule has 1 atom stereocenters. The van der Waals surface area contributed by atoms with Crippen molar-refractivity contribution < 1.29 is 22.7 Å². The molecule has 150 valence electrons. The highest BCUT2D eigenvalue weighted by atomic mass is 32.2. The average molecular weight is 397 g/mol. The third-order valence-corrected chi connectivity index (χ3v) is 6.47. The first kappa shape index (κ1) is 19.9. The van der Waals surface area contributed by atoms with Gasteiger partial charge in [-0.1, -0.05) is 0 Å². The van der Waals surface area contributed by atoms with E-state index in [1.165, 1.54) is 12.1 Å². The number of hydrogen-bond donors (Lipinski definition) is 2. The number of fused-ring (bicyclic) bond motifs is 1. The van der Waals surface area contributed by atoms with Crippen molar-refractivity contribution >= 4 is 15.9 Å². The number of piperidine rings is 1. The van der Waals surface area contributed by atoms with E-state index in [1.807, 2.05) is 0 Å². The Bertz CT molecular complexity index is 777. The lowest BCUT2D eigenvalue weighted by molar-refractivity contribution is -0.133. The Balaban J connectivity index is 1.69. The van der Waals surface area contributed by atoms with Crippen LogP contribution in [0.25, 0.3) is 0 Å². The molecule has 2 N–H and O–H groups in total. The molecule has 1 amide bonds. The van der Waals surface area contributed by atoms with Crippen LogP contribution in [-0.4, -0.2) is 64.7 Å². The summed E-state index contributed by atoms with van der Waals surface area (Å²) in [5.74, 6) is 0.696. The summed E-state index contributed by atoms with van der Waals surface area (Å²) < 4.78 is 39.0. The van der Waals surface area contributed by atoms with Gasteiger partial charge in [0.15, 0.2) is 11.5 Å². The first-order valence-corrected chi connectivity index (χ1v) is 10.8. The molecular formula is C18H27N3O5S. The van der Waals surface area contributed by atoms with Crippen molar-refractivity contribution in [3.63, 3.8) is 0 Å². The number of amides is 1. The molecule has 2 aliphatic heterocycles. The molecular weight excluding hydrogens is 370 g/mol. The van der Waals surface area contributed by atoms with Crippen LogP contribution in [0.2, 0.25) is 0 Å².